The molecule has 37 nitrogen and oxygen atoms in total. The molecule has 0 spiro atoms. The second kappa shape index (κ2) is 45.3. The van der Waals surface area contributed by atoms with Crippen LogP contribution in [-0.4, -0.2) is 224 Å². The Morgan fingerprint density at radius 2 is 0.951 bits per heavy atom. The van der Waals surface area contributed by atoms with Crippen LogP contribution in [-0.2, 0) is 83.1 Å². The third-order valence-corrected chi connectivity index (χ3v) is 16.6. The van der Waals surface area contributed by atoms with E-state index in [0.717, 1.165) is 4.90 Å². The van der Waals surface area contributed by atoms with E-state index >= 15 is 0 Å². The van der Waals surface area contributed by atoms with Crippen molar-refractivity contribution in [2.24, 2.45) is 46.4 Å². The number of nitrogens with one attached hydrogen (secondary N) is 10. The van der Waals surface area contributed by atoms with Crippen LogP contribution in [0.1, 0.15) is 156 Å². The average Bonchev–Trinajstić information content (AvgIpc) is 1.58. The van der Waals surface area contributed by atoms with E-state index in [2.05, 4.69) is 53.2 Å². The van der Waals surface area contributed by atoms with Gasteiger partial charge in [-0.25, -0.2) is 4.79 Å². The van der Waals surface area contributed by atoms with Crippen molar-refractivity contribution in [1.29, 1.82) is 0 Å². The second-order valence-electron chi connectivity index (χ2n) is 26.1. The van der Waals surface area contributed by atoms with E-state index in [0.29, 0.717) is 31.2 Å². The fraction of sp³-hybridized carbons (Fsp3) is 0.662. The predicted molar refractivity (Wildman–Crippen MR) is 364 cm³/mol. The Bertz CT molecular complexity index is 3050. The highest BCUT2D eigenvalue weighted by Crippen LogP contribution is 2.22. The van der Waals surface area contributed by atoms with Gasteiger partial charge >= 0.3 is 17.9 Å². The summed E-state index contributed by atoms with van der Waals surface area (Å²) in [5, 5.41) is 74.4. The normalized spacial score (nSPS) is 16.2. The number of carboxylic acid groups (broad SMARTS) is 3. The molecule has 1 fully saturated rings. The number of phenols is 1. The molecule has 1 aliphatic rings. The molecule has 0 saturated carbocycles. The van der Waals surface area contributed by atoms with Crippen molar-refractivity contribution >= 4 is 94.7 Å². The molecule has 0 aromatic heterocycles. The van der Waals surface area contributed by atoms with Gasteiger partial charge in [0.1, 0.15) is 72.2 Å². The van der Waals surface area contributed by atoms with E-state index < -0.39 is 211 Å². The lowest BCUT2D eigenvalue weighted by Crippen LogP contribution is -2.61. The number of primary amides is 2. The summed E-state index contributed by atoms with van der Waals surface area (Å²) in [5.41, 5.74) is 28.1. The zero-order chi connectivity index (χ0) is 77.1. The number of hydrogen-bond donors (Lipinski definition) is 20. The summed E-state index contributed by atoms with van der Waals surface area (Å²) in [5.74, 6) is -19.2. The number of likely N-dealkylation sites (tertiary alicyclic amines) is 1. The number of aromatic hydroxyl groups is 1. The Kier molecular flexibility index (Phi) is 39.3. The number of amides is 13. The summed E-state index contributed by atoms with van der Waals surface area (Å²) in [7, 11) is 0. The molecular weight excluding hydrogens is 1340 g/mol. The van der Waals surface area contributed by atoms with Crippen LogP contribution in [0.5, 0.6) is 5.75 Å². The number of carbonyl (C=O) groups excluding carboxylic acids is 13. The number of rotatable bonds is 49. The zero-order valence-corrected chi connectivity index (χ0v) is 58.6. The molecule has 1 saturated heterocycles. The monoisotopic (exact) mass is 1450 g/mol. The minimum atomic E-state index is -1.97. The van der Waals surface area contributed by atoms with Gasteiger partial charge in [-0.2, -0.15) is 0 Å². The molecule has 1 aromatic carbocycles. The van der Waals surface area contributed by atoms with Crippen LogP contribution in [0.15, 0.2) is 24.3 Å². The SMILES string of the molecule is CC[C@H](C)[C@H](NC(=O)[C@H](CCC(=O)O)NC(=O)[C@H](CO)NC(=O)[C@H](CC(C)C)NC(=O)[C@H](CC(=O)O)NC(=O)[C@@H]1CCCN1C(=O)[C@H](Cc1ccc(O)cc1)NC(=O)[C@H](CC(C)C)NC(=O)[C@H](CC(N)=O)NC(=O)[C@@H](N)CCC(N)=O)C(=O)N[C@@H](CCCCN)C(=O)N[C@@H](CCCCN)C(=O)O. The van der Waals surface area contributed by atoms with E-state index in [1.165, 1.54) is 24.3 Å². The number of carbonyl (C=O) groups is 16. The van der Waals surface area contributed by atoms with Crippen molar-refractivity contribution < 1.29 is 102 Å². The summed E-state index contributed by atoms with van der Waals surface area (Å²) < 4.78 is 0. The van der Waals surface area contributed by atoms with Gasteiger partial charge < -0.3 is 112 Å². The van der Waals surface area contributed by atoms with Gasteiger partial charge in [-0.15, -0.1) is 0 Å². The first-order valence-electron chi connectivity index (χ1n) is 34.1. The first-order valence-corrected chi connectivity index (χ1v) is 34.1. The summed E-state index contributed by atoms with van der Waals surface area (Å²) >= 11 is 0. The second-order valence-corrected chi connectivity index (χ2v) is 26.1. The molecule has 0 radical (unpaired) electrons. The molecule has 1 aliphatic heterocycles. The number of aliphatic carboxylic acids is 3. The van der Waals surface area contributed by atoms with E-state index in [1.807, 2.05) is 0 Å². The number of hydrogen-bond acceptors (Lipinski definition) is 21. The molecule has 25 N–H and O–H groups in total. The third kappa shape index (κ3) is 31.9. The smallest absolute Gasteiger partial charge is 0.326 e. The third-order valence-electron chi connectivity index (χ3n) is 16.6. The number of carboxylic acids is 3. The molecule has 13 amide bonds. The van der Waals surface area contributed by atoms with Gasteiger partial charge in [0.2, 0.25) is 76.8 Å². The standard InChI is InChI=1S/C65H106N16O21/c1-7-35(6)53(63(99)72-39(13-8-10-24-66)55(91)73-41(65(101)102)14-9-11-25-67)80-56(92)40(21-23-51(86)87)71-61(97)47(32-82)79-58(94)43(28-34(4)5)76-60(96)45(31-52(88)89)77-62(98)48-15-12-26-81(48)64(100)46(29-36-16-18-37(83)19-17-36)78-57(93)42(27-33(2)3)75-59(95)44(30-50(70)85)74-54(90)38(68)20-22-49(69)84/h16-19,33-35,38-48,53,82-83H,7-15,20-32,66-68H2,1-6H3,(H2,69,84)(H2,70,85)(H,71,97)(H,72,99)(H,73,91)(H,74,90)(H,75,95)(H,76,96)(H,77,98)(H,78,93)(H,79,94)(H,80,92)(H,86,87)(H,88,89)(H,101,102)/t35-,38-,39-,40-,41-,42-,43-,44-,45-,46-,47-,48-,53-/m0/s1. The summed E-state index contributed by atoms with van der Waals surface area (Å²) in [6.45, 7) is 9.11. The Labute approximate surface area is 590 Å². The first-order chi connectivity index (χ1) is 48.0. The van der Waals surface area contributed by atoms with E-state index in [9.17, 15) is 102 Å². The van der Waals surface area contributed by atoms with Gasteiger partial charge in [-0.3, -0.25) is 71.9 Å². The molecular formula is C65H106N16O21. The molecule has 102 heavy (non-hydrogen) atoms. The van der Waals surface area contributed by atoms with E-state index in [4.69, 9.17) is 28.7 Å². The van der Waals surface area contributed by atoms with Crippen LogP contribution in [0.2, 0.25) is 0 Å². The van der Waals surface area contributed by atoms with Crippen LogP contribution < -0.4 is 81.8 Å². The van der Waals surface area contributed by atoms with Crippen LogP contribution in [0.4, 0.5) is 0 Å². The van der Waals surface area contributed by atoms with Gasteiger partial charge in [-0.1, -0.05) is 60.1 Å². The molecule has 1 heterocycles. The highest BCUT2D eigenvalue weighted by Gasteiger charge is 2.42. The molecule has 37 heteroatoms. The molecule has 0 unspecified atom stereocenters. The van der Waals surface area contributed by atoms with Gasteiger partial charge in [0, 0.05) is 25.8 Å². The van der Waals surface area contributed by atoms with Crippen LogP contribution in [0.3, 0.4) is 0 Å². The quantitative estimate of drug-likeness (QED) is 0.0272. The number of phenolic OH excluding ortho intramolecular Hbond substituents is 1. The van der Waals surface area contributed by atoms with Gasteiger partial charge in [0.15, 0.2) is 0 Å². The molecule has 2 rings (SSSR count). The maximum absolute atomic E-state index is 14.8. The predicted octanol–water partition coefficient (Wildman–Crippen LogP) is -4.95. The van der Waals surface area contributed by atoms with Crippen molar-refractivity contribution in [1.82, 2.24) is 58.1 Å². The van der Waals surface area contributed by atoms with Gasteiger partial charge in [0.25, 0.3) is 0 Å². The lowest BCUT2D eigenvalue weighted by molar-refractivity contribution is -0.144. The summed E-state index contributed by atoms with van der Waals surface area (Å²) in [6.07, 6.45) is -2.34. The fourth-order valence-corrected chi connectivity index (χ4v) is 10.8. The van der Waals surface area contributed by atoms with Crippen molar-refractivity contribution in [3.8, 4) is 5.75 Å². The molecule has 0 aliphatic carbocycles. The number of nitrogens with two attached hydrogens (primary N) is 5. The number of unbranched alkanes of at least 4 members (excludes halogenated alkanes) is 2. The van der Waals surface area contributed by atoms with Crippen LogP contribution in [0.25, 0.3) is 0 Å². The zero-order valence-electron chi connectivity index (χ0n) is 58.6. The van der Waals surface area contributed by atoms with Crippen molar-refractivity contribution in [3.63, 3.8) is 0 Å². The largest absolute Gasteiger partial charge is 0.508 e. The fourth-order valence-electron chi connectivity index (χ4n) is 10.8. The maximum atomic E-state index is 14.8. The highest BCUT2D eigenvalue weighted by molar-refractivity contribution is 6.01. The number of benzene rings is 1. The minimum Gasteiger partial charge on any atom is -0.508 e. The topological polar surface area (TPSA) is 628 Å². The first kappa shape index (κ1) is 88.5. The average molecular weight is 1450 g/mol. The van der Waals surface area contributed by atoms with Crippen LogP contribution in [0, 0.1) is 17.8 Å². The lowest BCUT2D eigenvalue weighted by Gasteiger charge is -2.31. The molecule has 13 atom stereocenters. The lowest BCUT2D eigenvalue weighted by atomic mass is 9.96. The number of nitrogens with zero attached hydrogens (tertiary/aromatic N) is 1. The van der Waals surface area contributed by atoms with E-state index in [-0.39, 0.29) is 95.5 Å². The minimum absolute atomic E-state index is 0.00559. The summed E-state index contributed by atoms with van der Waals surface area (Å²) in [6, 6.07) is -13.4. The van der Waals surface area contributed by atoms with E-state index in [1.54, 1.807) is 41.5 Å². The van der Waals surface area contributed by atoms with Crippen molar-refractivity contribution in [2.75, 3.05) is 26.2 Å². The Morgan fingerprint density at radius 1 is 0.500 bits per heavy atom. The highest BCUT2D eigenvalue weighted by atomic mass is 16.4. The number of aliphatic hydroxyl groups is 1. The molecule has 572 valence electrons. The van der Waals surface area contributed by atoms with Gasteiger partial charge in [-0.05, 0) is 126 Å². The summed E-state index contributed by atoms with van der Waals surface area (Å²) in [4.78, 5) is 215. The maximum Gasteiger partial charge on any atom is 0.326 e. The van der Waals surface area contributed by atoms with Crippen molar-refractivity contribution in [2.45, 2.75) is 230 Å². The Morgan fingerprint density at radius 3 is 1.44 bits per heavy atom. The number of aliphatic hydroxyl groups excluding tert-OH is 1. The molecule has 1 aromatic rings. The molecule has 0 bridgehead atoms. The van der Waals surface area contributed by atoms with Gasteiger partial charge in [0.05, 0.1) is 25.5 Å². The van der Waals surface area contributed by atoms with Crippen LogP contribution >= 0.6 is 0 Å². The Hall–Kier alpha value is -9.62. The Balaban J connectivity index is 2.47. The van der Waals surface area contributed by atoms with Crippen molar-refractivity contribution in [3.05, 3.63) is 29.8 Å².